The van der Waals surface area contributed by atoms with E-state index in [2.05, 4.69) is 15.6 Å². The molecule has 0 N–H and O–H groups in total. The molecule has 0 amide bonds. The number of esters is 1. The second-order valence-electron chi connectivity index (χ2n) is 7.14. The molecule has 6 heteroatoms. The zero-order valence-corrected chi connectivity index (χ0v) is 17.1. The summed E-state index contributed by atoms with van der Waals surface area (Å²) >= 11 is 5.89. The molecule has 148 valence electrons. The molecule has 2 aromatic heterocycles. The lowest BCUT2D eigenvalue weighted by molar-refractivity contribution is 0.0474. The van der Waals surface area contributed by atoms with Gasteiger partial charge in [-0.15, -0.1) is 0 Å². The number of hydrogen-bond acceptors (Lipinski definition) is 4. The van der Waals surface area contributed by atoms with Crippen molar-refractivity contribution in [1.29, 1.82) is 0 Å². The van der Waals surface area contributed by atoms with Gasteiger partial charge in [-0.1, -0.05) is 23.3 Å². The monoisotopic (exact) mass is 400 g/mol. The number of carbonyl (C=O) groups excluding carboxylic acids is 2. The molecule has 0 bridgehead atoms. The number of aryl methyl sites for hydroxylation is 1. The van der Waals surface area contributed by atoms with Crippen LogP contribution in [0.25, 0.3) is 0 Å². The summed E-state index contributed by atoms with van der Waals surface area (Å²) in [5, 5.41) is 0.0649. The van der Waals surface area contributed by atoms with Gasteiger partial charge in [0.25, 0.3) is 0 Å². The first kappa shape index (κ1) is 20.3. The van der Waals surface area contributed by atoms with E-state index in [9.17, 15) is 9.59 Å². The Morgan fingerprint density at radius 2 is 2.07 bits per heavy atom. The first-order valence-electron chi connectivity index (χ1n) is 9.63. The average molecular weight is 401 g/mol. The summed E-state index contributed by atoms with van der Waals surface area (Å²) in [6.45, 7) is 4.48. The number of allylic oxidation sites excluding steroid dienone is 2. The molecule has 5 nitrogen and oxygen atoms in total. The van der Waals surface area contributed by atoms with Crippen LogP contribution in [0.15, 0.2) is 36.0 Å². The van der Waals surface area contributed by atoms with E-state index in [1.165, 1.54) is 43.5 Å². The van der Waals surface area contributed by atoms with Crippen LogP contribution in [0, 0.1) is 13.8 Å². The molecule has 0 saturated heterocycles. The molecule has 0 aromatic carbocycles. The van der Waals surface area contributed by atoms with Gasteiger partial charge in [0.15, 0.2) is 6.61 Å². The van der Waals surface area contributed by atoms with Gasteiger partial charge in [-0.05, 0) is 64.2 Å². The highest BCUT2D eigenvalue weighted by molar-refractivity contribution is 6.32. The van der Waals surface area contributed by atoms with Crippen LogP contribution < -0.4 is 0 Å². The molecule has 2 aromatic rings. The zero-order chi connectivity index (χ0) is 20.1. The minimum Gasteiger partial charge on any atom is -0.454 e. The summed E-state index contributed by atoms with van der Waals surface area (Å²) in [5.41, 5.74) is 4.21. The van der Waals surface area contributed by atoms with Gasteiger partial charge in [-0.2, -0.15) is 0 Å². The molecule has 0 atom stereocenters. The van der Waals surface area contributed by atoms with Gasteiger partial charge in [0.05, 0.1) is 5.56 Å². The van der Waals surface area contributed by atoms with Crippen molar-refractivity contribution in [2.75, 3.05) is 6.61 Å². The molecular weight excluding hydrogens is 376 g/mol. The fraction of sp³-hybridized carbons (Fsp3) is 0.409. The molecule has 0 radical (unpaired) electrons. The van der Waals surface area contributed by atoms with Gasteiger partial charge in [0.2, 0.25) is 5.78 Å². The summed E-state index contributed by atoms with van der Waals surface area (Å²) < 4.78 is 7.32. The Kier molecular flexibility index (Phi) is 6.68. The van der Waals surface area contributed by atoms with Crippen molar-refractivity contribution in [2.24, 2.45) is 0 Å². The first-order valence-corrected chi connectivity index (χ1v) is 10.0. The predicted molar refractivity (Wildman–Crippen MR) is 109 cm³/mol. The number of aromatic nitrogens is 2. The highest BCUT2D eigenvalue weighted by Gasteiger charge is 2.19. The number of pyridine rings is 1. The lowest BCUT2D eigenvalue weighted by Gasteiger charge is -2.15. The summed E-state index contributed by atoms with van der Waals surface area (Å²) in [6.07, 6.45) is 9.76. The predicted octanol–water partition coefficient (Wildman–Crippen LogP) is 5.08. The SMILES string of the molecule is Cc1cc(C(=O)COC(=O)c2cccnc2Cl)c(C)n1CCC1=CCCCC1. The maximum absolute atomic E-state index is 12.6. The zero-order valence-electron chi connectivity index (χ0n) is 16.3. The third kappa shape index (κ3) is 4.71. The summed E-state index contributed by atoms with van der Waals surface area (Å²) in [6, 6.07) is 4.99. The number of Topliss-reactive ketones (excluding diaryl/α,β-unsaturated/α-hetero) is 1. The molecule has 1 aliphatic rings. The van der Waals surface area contributed by atoms with Crippen LogP contribution in [-0.2, 0) is 11.3 Å². The van der Waals surface area contributed by atoms with E-state index in [-0.39, 0.29) is 23.1 Å². The van der Waals surface area contributed by atoms with Crippen molar-refractivity contribution in [3.63, 3.8) is 0 Å². The minimum atomic E-state index is -0.649. The third-order valence-corrected chi connectivity index (χ3v) is 5.53. The fourth-order valence-corrected chi connectivity index (χ4v) is 3.84. The van der Waals surface area contributed by atoms with E-state index >= 15 is 0 Å². The Labute approximate surface area is 170 Å². The Morgan fingerprint density at radius 1 is 1.25 bits per heavy atom. The molecule has 0 aliphatic heterocycles. The number of ether oxygens (including phenoxy) is 1. The molecule has 28 heavy (non-hydrogen) atoms. The first-order chi connectivity index (χ1) is 13.5. The van der Waals surface area contributed by atoms with E-state index in [0.29, 0.717) is 5.56 Å². The quantitative estimate of drug-likeness (QED) is 0.281. The van der Waals surface area contributed by atoms with E-state index in [4.69, 9.17) is 16.3 Å². The van der Waals surface area contributed by atoms with E-state index in [1.807, 2.05) is 19.9 Å². The topological polar surface area (TPSA) is 61.2 Å². The number of halogens is 1. The van der Waals surface area contributed by atoms with E-state index < -0.39 is 5.97 Å². The number of hydrogen-bond donors (Lipinski definition) is 0. The van der Waals surface area contributed by atoms with Gasteiger partial charge in [-0.25, -0.2) is 9.78 Å². The Balaban J connectivity index is 1.63. The number of nitrogens with zero attached hydrogens (tertiary/aromatic N) is 2. The number of ketones is 1. The highest BCUT2D eigenvalue weighted by Crippen LogP contribution is 2.23. The van der Waals surface area contributed by atoms with Crippen LogP contribution in [0.3, 0.4) is 0 Å². The van der Waals surface area contributed by atoms with Gasteiger partial charge in [0, 0.05) is 29.7 Å². The molecule has 0 unspecified atom stereocenters. The van der Waals surface area contributed by atoms with Crippen molar-refractivity contribution in [1.82, 2.24) is 9.55 Å². The lowest BCUT2D eigenvalue weighted by Crippen LogP contribution is -2.15. The molecule has 0 spiro atoms. The van der Waals surface area contributed by atoms with E-state index in [1.54, 1.807) is 6.07 Å². The number of carbonyl (C=O) groups is 2. The second kappa shape index (κ2) is 9.20. The summed E-state index contributed by atoms with van der Waals surface area (Å²) in [5.74, 6) is -0.867. The van der Waals surface area contributed by atoms with Crippen molar-refractivity contribution in [2.45, 2.75) is 52.5 Å². The molecule has 0 saturated carbocycles. The fourth-order valence-electron chi connectivity index (χ4n) is 3.64. The van der Waals surface area contributed by atoms with Gasteiger partial charge in [0.1, 0.15) is 5.15 Å². The van der Waals surface area contributed by atoms with Crippen molar-refractivity contribution >= 4 is 23.4 Å². The van der Waals surface area contributed by atoms with Crippen LogP contribution in [0.1, 0.15) is 64.2 Å². The van der Waals surface area contributed by atoms with Crippen molar-refractivity contribution in [3.8, 4) is 0 Å². The molecule has 3 rings (SSSR count). The molecule has 2 heterocycles. The Morgan fingerprint density at radius 3 is 2.79 bits per heavy atom. The van der Waals surface area contributed by atoms with Crippen LogP contribution in [0.5, 0.6) is 0 Å². The van der Waals surface area contributed by atoms with Crippen LogP contribution in [0.2, 0.25) is 5.15 Å². The van der Waals surface area contributed by atoms with Gasteiger partial charge < -0.3 is 9.30 Å². The van der Waals surface area contributed by atoms with E-state index in [0.717, 1.165) is 24.4 Å². The third-order valence-electron chi connectivity index (χ3n) is 5.23. The van der Waals surface area contributed by atoms with Crippen LogP contribution in [0.4, 0.5) is 0 Å². The summed E-state index contributed by atoms with van der Waals surface area (Å²) in [7, 11) is 0. The average Bonchev–Trinajstić information content (AvgIpc) is 2.99. The Bertz CT molecular complexity index is 915. The normalized spacial score (nSPS) is 13.9. The largest absolute Gasteiger partial charge is 0.454 e. The minimum absolute atomic E-state index is 0.0649. The second-order valence-corrected chi connectivity index (χ2v) is 7.49. The molecule has 1 aliphatic carbocycles. The summed E-state index contributed by atoms with van der Waals surface area (Å²) in [4.78, 5) is 28.6. The highest BCUT2D eigenvalue weighted by atomic mass is 35.5. The molecule has 0 fully saturated rings. The Hall–Kier alpha value is -2.40. The maximum atomic E-state index is 12.6. The number of rotatable bonds is 7. The van der Waals surface area contributed by atoms with Crippen LogP contribution in [-0.4, -0.2) is 27.9 Å². The molecular formula is C22H25ClN2O3. The standard InChI is InChI=1S/C22H25ClN2O3/c1-15-13-19(16(2)25(15)12-10-17-7-4-3-5-8-17)20(26)14-28-22(27)18-9-6-11-24-21(18)23/h6-7,9,11,13H,3-5,8,10,12,14H2,1-2H3. The van der Waals surface area contributed by atoms with Crippen molar-refractivity contribution in [3.05, 3.63) is 63.7 Å². The van der Waals surface area contributed by atoms with Gasteiger partial charge in [-0.3, -0.25) is 4.79 Å². The van der Waals surface area contributed by atoms with Crippen molar-refractivity contribution < 1.29 is 14.3 Å². The van der Waals surface area contributed by atoms with Crippen LogP contribution >= 0.6 is 11.6 Å². The lowest BCUT2D eigenvalue weighted by atomic mass is 9.97. The van der Waals surface area contributed by atoms with Gasteiger partial charge >= 0.3 is 5.97 Å². The maximum Gasteiger partial charge on any atom is 0.341 e. The smallest absolute Gasteiger partial charge is 0.341 e.